The van der Waals surface area contributed by atoms with E-state index in [1.807, 2.05) is 0 Å². The normalized spacial score (nSPS) is 14.8. The number of hydrogen-bond acceptors (Lipinski definition) is 2. The number of nitrogens with one attached hydrogen (secondary N) is 2. The Balaban J connectivity index is 5.44. The molecule has 0 aliphatic carbocycles. The molecule has 0 aliphatic rings. The molecule has 0 spiro atoms. The predicted octanol–water partition coefficient (Wildman–Crippen LogP) is 4.24. The fourth-order valence-corrected chi connectivity index (χ4v) is 10.2. The molecule has 142 valence electrons. The lowest BCUT2D eigenvalue weighted by Crippen LogP contribution is -2.53. The fourth-order valence-electron chi connectivity index (χ4n) is 3.09. The van der Waals surface area contributed by atoms with Gasteiger partial charge in [-0.25, -0.2) is 0 Å². The molecular formula is C18H40N2O2Si2. The van der Waals surface area contributed by atoms with Gasteiger partial charge in [-0.3, -0.25) is 9.59 Å². The second-order valence-electron chi connectivity index (χ2n) is 8.98. The molecule has 0 fully saturated rings. The summed E-state index contributed by atoms with van der Waals surface area (Å²) in [6.07, 6.45) is 4.11. The van der Waals surface area contributed by atoms with Crippen LogP contribution in [0, 0.1) is 0 Å². The predicted molar refractivity (Wildman–Crippen MR) is 110 cm³/mol. The van der Waals surface area contributed by atoms with E-state index in [4.69, 9.17) is 0 Å². The van der Waals surface area contributed by atoms with Gasteiger partial charge in [-0.1, -0.05) is 66.0 Å². The SMILES string of the molecule is CCCCNC(=O)C(C(C(=O)NCCCC)[Si](C)(C)C)[Si](C)(C)C. The minimum Gasteiger partial charge on any atom is -0.356 e. The van der Waals surface area contributed by atoms with Gasteiger partial charge in [0.15, 0.2) is 0 Å². The van der Waals surface area contributed by atoms with Crippen LogP contribution in [-0.4, -0.2) is 41.1 Å². The van der Waals surface area contributed by atoms with Gasteiger partial charge >= 0.3 is 0 Å². The van der Waals surface area contributed by atoms with E-state index in [-0.39, 0.29) is 22.9 Å². The zero-order valence-electron chi connectivity index (χ0n) is 17.2. The Bertz CT molecular complexity index is 363. The summed E-state index contributed by atoms with van der Waals surface area (Å²) in [5.74, 6) is 0.196. The number of carbonyl (C=O) groups is 2. The van der Waals surface area contributed by atoms with Crippen LogP contribution in [0.15, 0.2) is 0 Å². The molecule has 0 rings (SSSR count). The molecular weight excluding hydrogens is 332 g/mol. The first-order valence-electron chi connectivity index (χ1n) is 9.52. The second kappa shape index (κ2) is 10.4. The molecule has 0 bridgehead atoms. The monoisotopic (exact) mass is 372 g/mol. The highest BCUT2D eigenvalue weighted by Gasteiger charge is 2.48. The van der Waals surface area contributed by atoms with Crippen LogP contribution in [0.25, 0.3) is 0 Å². The number of amides is 2. The van der Waals surface area contributed by atoms with Gasteiger partial charge < -0.3 is 10.6 Å². The zero-order valence-corrected chi connectivity index (χ0v) is 19.2. The molecule has 6 heteroatoms. The Morgan fingerprint density at radius 1 is 0.708 bits per heavy atom. The van der Waals surface area contributed by atoms with E-state index in [2.05, 4.69) is 63.8 Å². The second-order valence-corrected chi connectivity index (χ2v) is 19.7. The van der Waals surface area contributed by atoms with Crippen LogP contribution in [0.2, 0.25) is 50.4 Å². The first-order valence-corrected chi connectivity index (χ1v) is 16.7. The van der Waals surface area contributed by atoms with Crippen molar-refractivity contribution in [1.29, 1.82) is 0 Å². The molecule has 2 N–H and O–H groups in total. The lowest BCUT2D eigenvalue weighted by Gasteiger charge is -2.40. The third kappa shape index (κ3) is 7.97. The zero-order chi connectivity index (χ0) is 19.0. The summed E-state index contributed by atoms with van der Waals surface area (Å²) in [6.45, 7) is 18.9. The summed E-state index contributed by atoms with van der Waals surface area (Å²) in [6, 6.07) is 0. The van der Waals surface area contributed by atoms with Gasteiger partial charge in [0, 0.05) is 24.2 Å². The Labute approximate surface area is 151 Å². The highest BCUT2D eigenvalue weighted by atomic mass is 28.3. The Morgan fingerprint density at radius 2 is 1.00 bits per heavy atom. The van der Waals surface area contributed by atoms with E-state index in [0.717, 1.165) is 25.7 Å². The van der Waals surface area contributed by atoms with Crippen molar-refractivity contribution in [2.45, 2.75) is 89.9 Å². The summed E-state index contributed by atoms with van der Waals surface area (Å²) in [5.41, 5.74) is -0.301. The van der Waals surface area contributed by atoms with Crippen molar-refractivity contribution in [3.05, 3.63) is 0 Å². The highest BCUT2D eigenvalue weighted by molar-refractivity contribution is 6.87. The molecule has 2 amide bonds. The van der Waals surface area contributed by atoms with Crippen LogP contribution in [0.3, 0.4) is 0 Å². The Hall–Kier alpha value is -0.626. The Kier molecular flexibility index (Phi) is 10.1. The third-order valence-electron chi connectivity index (χ3n) is 4.42. The van der Waals surface area contributed by atoms with Crippen molar-refractivity contribution >= 4 is 28.0 Å². The van der Waals surface area contributed by atoms with E-state index < -0.39 is 16.1 Å². The third-order valence-corrected chi connectivity index (χ3v) is 9.68. The van der Waals surface area contributed by atoms with Crippen LogP contribution in [-0.2, 0) is 9.59 Å². The molecule has 24 heavy (non-hydrogen) atoms. The molecule has 0 saturated carbocycles. The molecule has 2 unspecified atom stereocenters. The number of hydrogen-bond donors (Lipinski definition) is 2. The van der Waals surface area contributed by atoms with Crippen LogP contribution < -0.4 is 10.6 Å². The fraction of sp³-hybridized carbons (Fsp3) is 0.889. The first-order chi connectivity index (χ1) is 11.0. The summed E-state index contributed by atoms with van der Waals surface area (Å²) in [5, 5.41) is 6.21. The van der Waals surface area contributed by atoms with Gasteiger partial charge in [-0.05, 0) is 12.8 Å². The number of rotatable bonds is 11. The quantitative estimate of drug-likeness (QED) is 0.421. The topological polar surface area (TPSA) is 58.2 Å². The molecule has 0 aliphatic heterocycles. The van der Waals surface area contributed by atoms with E-state index >= 15 is 0 Å². The molecule has 0 aromatic rings. The van der Waals surface area contributed by atoms with E-state index in [1.54, 1.807) is 0 Å². The van der Waals surface area contributed by atoms with Crippen molar-refractivity contribution in [3.8, 4) is 0 Å². The van der Waals surface area contributed by atoms with Crippen molar-refractivity contribution in [3.63, 3.8) is 0 Å². The van der Waals surface area contributed by atoms with E-state index in [1.165, 1.54) is 0 Å². The number of carbonyl (C=O) groups excluding carboxylic acids is 2. The lowest BCUT2D eigenvalue weighted by atomic mass is 10.2. The van der Waals surface area contributed by atoms with Crippen LogP contribution in [0.1, 0.15) is 39.5 Å². The van der Waals surface area contributed by atoms with Gasteiger partial charge in [-0.15, -0.1) is 0 Å². The largest absolute Gasteiger partial charge is 0.356 e. The molecule has 0 radical (unpaired) electrons. The van der Waals surface area contributed by atoms with Crippen LogP contribution in [0.5, 0.6) is 0 Å². The molecule has 0 heterocycles. The molecule has 4 nitrogen and oxygen atoms in total. The summed E-state index contributed by atoms with van der Waals surface area (Å²) < 4.78 is 0. The molecule has 0 aromatic heterocycles. The maximum absolute atomic E-state index is 13.0. The average molecular weight is 373 g/mol. The molecule has 0 aromatic carbocycles. The minimum atomic E-state index is -1.83. The Morgan fingerprint density at radius 3 is 1.21 bits per heavy atom. The lowest BCUT2D eigenvalue weighted by molar-refractivity contribution is -0.126. The van der Waals surface area contributed by atoms with E-state index in [0.29, 0.717) is 13.1 Å². The van der Waals surface area contributed by atoms with Gasteiger partial charge in [0.2, 0.25) is 11.8 Å². The number of unbranched alkanes of at least 4 members (excludes halogenated alkanes) is 2. The molecule has 0 saturated heterocycles. The average Bonchev–Trinajstić information content (AvgIpc) is 2.42. The van der Waals surface area contributed by atoms with Crippen molar-refractivity contribution < 1.29 is 9.59 Å². The summed E-state index contributed by atoms with van der Waals surface area (Å²) in [7, 11) is -3.66. The van der Waals surface area contributed by atoms with E-state index in [9.17, 15) is 9.59 Å². The maximum Gasteiger partial charge on any atom is 0.220 e. The van der Waals surface area contributed by atoms with Gasteiger partial charge in [0.05, 0.1) is 16.1 Å². The summed E-state index contributed by atoms with van der Waals surface area (Å²) in [4.78, 5) is 25.9. The van der Waals surface area contributed by atoms with Gasteiger partial charge in [0.25, 0.3) is 0 Å². The minimum absolute atomic E-state index is 0.0979. The standard InChI is InChI=1S/C18H40N2O2Si2/c1-9-11-13-19-17(21)15(23(3,4)5)16(24(6,7)8)18(22)20-14-12-10-2/h15-16H,9-14H2,1-8H3,(H,19,21)(H,20,22). The van der Waals surface area contributed by atoms with Crippen molar-refractivity contribution in [2.24, 2.45) is 0 Å². The van der Waals surface area contributed by atoms with Gasteiger partial charge in [-0.2, -0.15) is 0 Å². The van der Waals surface area contributed by atoms with Gasteiger partial charge in [0.1, 0.15) is 0 Å². The van der Waals surface area contributed by atoms with Crippen molar-refractivity contribution in [1.82, 2.24) is 10.6 Å². The smallest absolute Gasteiger partial charge is 0.220 e. The van der Waals surface area contributed by atoms with Crippen LogP contribution >= 0.6 is 0 Å². The maximum atomic E-state index is 13.0. The first kappa shape index (κ1) is 23.4. The van der Waals surface area contributed by atoms with Crippen molar-refractivity contribution in [2.75, 3.05) is 13.1 Å². The highest BCUT2D eigenvalue weighted by Crippen LogP contribution is 2.41. The molecule has 2 atom stereocenters. The van der Waals surface area contributed by atoms with Crippen LogP contribution in [0.4, 0.5) is 0 Å². The summed E-state index contributed by atoms with van der Waals surface area (Å²) >= 11 is 0.